The van der Waals surface area contributed by atoms with Gasteiger partial charge in [-0.1, -0.05) is 54.6 Å². The first-order valence-corrected chi connectivity index (χ1v) is 12.8. The molecule has 7 nitrogen and oxygen atoms in total. The molecule has 1 aromatic heterocycles. The Morgan fingerprint density at radius 2 is 1.68 bits per heavy atom. The highest BCUT2D eigenvalue weighted by Gasteiger charge is 2.29. The Hall–Kier alpha value is -3.30. The lowest BCUT2D eigenvalue weighted by atomic mass is 9.98. The van der Waals surface area contributed by atoms with Crippen molar-refractivity contribution in [1.82, 2.24) is 10.6 Å². The van der Waals surface area contributed by atoms with E-state index in [1.165, 1.54) is 34.2 Å². The summed E-state index contributed by atoms with van der Waals surface area (Å²) in [5.74, 6) is -0.873. The fourth-order valence-corrected chi connectivity index (χ4v) is 5.38. The Bertz CT molecular complexity index is 1120. The highest BCUT2D eigenvalue weighted by atomic mass is 32.2. The van der Waals surface area contributed by atoms with Crippen LogP contribution in [0.2, 0.25) is 0 Å². The number of fused-ring (bicyclic) bond motifs is 3. The number of alkyl carbamates (subject to hydrolysis) is 1. The van der Waals surface area contributed by atoms with E-state index in [-0.39, 0.29) is 24.2 Å². The summed E-state index contributed by atoms with van der Waals surface area (Å²) in [6.45, 7) is 0.580. The first-order chi connectivity index (χ1) is 16.5. The highest BCUT2D eigenvalue weighted by molar-refractivity contribution is 7.99. The molecule has 9 heteroatoms. The van der Waals surface area contributed by atoms with Gasteiger partial charge in [-0.05, 0) is 33.7 Å². The van der Waals surface area contributed by atoms with Crippen molar-refractivity contribution < 1.29 is 24.2 Å². The quantitative estimate of drug-likeness (QED) is 0.362. The van der Waals surface area contributed by atoms with Gasteiger partial charge in [0.05, 0.1) is 5.75 Å². The summed E-state index contributed by atoms with van der Waals surface area (Å²) in [4.78, 5) is 36.3. The van der Waals surface area contributed by atoms with Crippen LogP contribution >= 0.6 is 23.1 Å². The van der Waals surface area contributed by atoms with Crippen LogP contribution in [0.25, 0.3) is 11.1 Å². The number of carboxylic acid groups (broad SMARTS) is 1. The van der Waals surface area contributed by atoms with E-state index in [2.05, 4.69) is 34.9 Å². The number of amides is 2. The third kappa shape index (κ3) is 5.60. The summed E-state index contributed by atoms with van der Waals surface area (Å²) in [6.07, 6.45) is -0.504. The molecular weight excluding hydrogens is 472 g/mol. The molecule has 34 heavy (non-hydrogen) atoms. The number of carbonyl (C=O) groups is 3. The maximum Gasteiger partial charge on any atom is 0.407 e. The number of nitrogens with one attached hydrogen (secondary N) is 2. The van der Waals surface area contributed by atoms with Crippen LogP contribution in [0, 0.1) is 0 Å². The average molecular weight is 497 g/mol. The Morgan fingerprint density at radius 3 is 2.29 bits per heavy atom. The first kappa shape index (κ1) is 23.8. The molecule has 0 saturated heterocycles. The predicted octanol–water partition coefficient (Wildman–Crippen LogP) is 4.26. The lowest BCUT2D eigenvalue weighted by molar-refractivity contribution is -0.141. The van der Waals surface area contributed by atoms with Crippen molar-refractivity contribution in [3.8, 4) is 11.1 Å². The molecule has 3 N–H and O–H groups in total. The standard InChI is InChI=1S/C25H24N2O5S2/c28-22(27-23(24(29)30)21-10-5-12-34-21)15-33-13-11-26-25(31)32-14-20-18-8-3-1-6-16(18)17-7-2-4-9-19(17)20/h1-10,12,20,23H,11,13-15H2,(H,26,31)(H,27,28)(H,29,30). The molecule has 0 aliphatic heterocycles. The number of thiophene rings is 1. The molecule has 0 saturated carbocycles. The summed E-state index contributed by atoms with van der Waals surface area (Å²) in [5.41, 5.74) is 4.65. The van der Waals surface area contributed by atoms with Crippen LogP contribution in [0.5, 0.6) is 0 Å². The molecule has 0 fully saturated rings. The summed E-state index contributed by atoms with van der Waals surface area (Å²) in [6, 6.07) is 18.7. The molecule has 2 amide bonds. The maximum atomic E-state index is 12.2. The molecule has 1 aliphatic carbocycles. The van der Waals surface area contributed by atoms with E-state index in [0.29, 0.717) is 17.2 Å². The van der Waals surface area contributed by atoms with Crippen LogP contribution in [-0.2, 0) is 14.3 Å². The van der Waals surface area contributed by atoms with E-state index in [1.54, 1.807) is 17.5 Å². The minimum atomic E-state index is -1.10. The Kier molecular flexibility index (Phi) is 7.87. The van der Waals surface area contributed by atoms with Gasteiger partial charge in [0, 0.05) is 23.1 Å². The molecule has 3 aromatic rings. The number of hydrogen-bond acceptors (Lipinski definition) is 6. The molecule has 1 aliphatic rings. The lowest BCUT2D eigenvalue weighted by Gasteiger charge is -2.14. The van der Waals surface area contributed by atoms with E-state index >= 15 is 0 Å². The van der Waals surface area contributed by atoms with E-state index in [4.69, 9.17) is 4.74 Å². The Morgan fingerprint density at radius 1 is 1.00 bits per heavy atom. The maximum absolute atomic E-state index is 12.2. The van der Waals surface area contributed by atoms with Crippen LogP contribution in [0.4, 0.5) is 4.79 Å². The second-order valence-corrected chi connectivity index (χ2v) is 9.74. The summed E-state index contributed by atoms with van der Waals surface area (Å²) in [5, 5.41) is 16.3. The van der Waals surface area contributed by atoms with Gasteiger partial charge in [-0.15, -0.1) is 11.3 Å². The molecule has 176 valence electrons. The van der Waals surface area contributed by atoms with Crippen molar-refractivity contribution in [1.29, 1.82) is 0 Å². The third-order valence-corrected chi connectivity index (χ3v) is 7.37. The van der Waals surface area contributed by atoms with Gasteiger partial charge in [-0.25, -0.2) is 9.59 Å². The number of hydrogen-bond donors (Lipinski definition) is 3. The van der Waals surface area contributed by atoms with Gasteiger partial charge in [0.1, 0.15) is 6.61 Å². The molecule has 0 bridgehead atoms. The fourth-order valence-electron chi connectivity index (χ4n) is 3.95. The van der Waals surface area contributed by atoms with Gasteiger partial charge in [0.25, 0.3) is 0 Å². The zero-order valence-electron chi connectivity index (χ0n) is 18.2. The van der Waals surface area contributed by atoms with Gasteiger partial charge in [-0.2, -0.15) is 11.8 Å². The van der Waals surface area contributed by atoms with Gasteiger partial charge in [-0.3, -0.25) is 4.79 Å². The molecule has 1 heterocycles. The van der Waals surface area contributed by atoms with Crippen LogP contribution < -0.4 is 10.6 Å². The van der Waals surface area contributed by atoms with Crippen molar-refractivity contribution in [3.63, 3.8) is 0 Å². The molecule has 2 aromatic carbocycles. The smallest absolute Gasteiger partial charge is 0.407 e. The zero-order chi connectivity index (χ0) is 23.9. The van der Waals surface area contributed by atoms with Gasteiger partial charge in [0.2, 0.25) is 5.91 Å². The van der Waals surface area contributed by atoms with Crippen molar-refractivity contribution in [2.24, 2.45) is 0 Å². The minimum Gasteiger partial charge on any atom is -0.479 e. The van der Waals surface area contributed by atoms with E-state index in [9.17, 15) is 19.5 Å². The number of benzene rings is 2. The minimum absolute atomic E-state index is 0.00162. The predicted molar refractivity (Wildman–Crippen MR) is 133 cm³/mol. The summed E-state index contributed by atoms with van der Waals surface area (Å²) < 4.78 is 5.48. The van der Waals surface area contributed by atoms with E-state index in [0.717, 1.165) is 11.1 Å². The van der Waals surface area contributed by atoms with E-state index < -0.39 is 18.1 Å². The number of carboxylic acids is 1. The SMILES string of the molecule is O=C(CSCCNC(=O)OCC1c2ccccc2-c2ccccc21)NC(C(=O)O)c1cccs1. The van der Waals surface area contributed by atoms with Gasteiger partial charge in [0.15, 0.2) is 6.04 Å². The van der Waals surface area contributed by atoms with Crippen molar-refractivity contribution in [2.75, 3.05) is 24.7 Å². The number of rotatable bonds is 10. The molecule has 0 spiro atoms. The lowest BCUT2D eigenvalue weighted by Crippen LogP contribution is -2.34. The second kappa shape index (κ2) is 11.2. The molecular formula is C25H24N2O5S2. The monoisotopic (exact) mass is 496 g/mol. The number of carbonyl (C=O) groups excluding carboxylic acids is 2. The molecule has 1 atom stereocenters. The summed E-state index contributed by atoms with van der Waals surface area (Å²) >= 11 is 2.59. The van der Waals surface area contributed by atoms with Crippen LogP contribution in [0.1, 0.15) is 28.0 Å². The summed E-state index contributed by atoms with van der Waals surface area (Å²) in [7, 11) is 0. The zero-order valence-corrected chi connectivity index (χ0v) is 19.9. The highest BCUT2D eigenvalue weighted by Crippen LogP contribution is 2.44. The molecule has 4 rings (SSSR count). The normalized spacial score (nSPS) is 12.9. The fraction of sp³-hybridized carbons (Fsp3) is 0.240. The Balaban J connectivity index is 1.17. The third-order valence-electron chi connectivity index (χ3n) is 5.47. The van der Waals surface area contributed by atoms with Crippen molar-refractivity contribution in [2.45, 2.75) is 12.0 Å². The largest absolute Gasteiger partial charge is 0.479 e. The van der Waals surface area contributed by atoms with Gasteiger partial charge < -0.3 is 20.5 Å². The Labute approximate surface area is 205 Å². The number of aliphatic carboxylic acids is 1. The molecule has 0 radical (unpaired) electrons. The second-order valence-electron chi connectivity index (χ2n) is 7.66. The van der Waals surface area contributed by atoms with Crippen molar-refractivity contribution in [3.05, 3.63) is 82.0 Å². The number of thioether (sulfide) groups is 1. The van der Waals surface area contributed by atoms with Crippen LogP contribution in [0.3, 0.4) is 0 Å². The van der Waals surface area contributed by atoms with Crippen molar-refractivity contribution >= 4 is 41.1 Å². The topological polar surface area (TPSA) is 105 Å². The van der Waals surface area contributed by atoms with Gasteiger partial charge >= 0.3 is 12.1 Å². The van der Waals surface area contributed by atoms with Crippen LogP contribution in [0.15, 0.2) is 66.0 Å². The average Bonchev–Trinajstić information content (AvgIpc) is 3.47. The molecule has 1 unspecified atom stereocenters. The number of ether oxygens (including phenoxy) is 1. The van der Waals surface area contributed by atoms with E-state index in [1.807, 2.05) is 24.3 Å². The first-order valence-electron chi connectivity index (χ1n) is 10.8. The van der Waals surface area contributed by atoms with Crippen LogP contribution in [-0.4, -0.2) is 47.7 Å².